The number of hydrogen-bond donors (Lipinski definition) is 2. The number of carbonyl (C=O) groups is 2. The van der Waals surface area contributed by atoms with Crippen molar-refractivity contribution in [2.45, 2.75) is 43.4 Å². The fourth-order valence-corrected chi connectivity index (χ4v) is 6.75. The molecular formula is C27H34N6O4S. The van der Waals surface area contributed by atoms with Gasteiger partial charge in [-0.3, -0.25) is 4.79 Å². The summed E-state index contributed by atoms with van der Waals surface area (Å²) in [6, 6.07) is 9.89. The second-order valence-electron chi connectivity index (χ2n) is 10.2. The molecule has 38 heavy (non-hydrogen) atoms. The van der Waals surface area contributed by atoms with Gasteiger partial charge in [-0.15, -0.1) is 0 Å². The summed E-state index contributed by atoms with van der Waals surface area (Å²) in [5.41, 5.74) is 3.04. The fraction of sp³-hybridized carbons (Fsp3) is 0.444. The van der Waals surface area contributed by atoms with Crippen molar-refractivity contribution in [2.24, 2.45) is 5.92 Å². The van der Waals surface area contributed by atoms with Crippen LogP contribution in [0.3, 0.4) is 0 Å². The number of pyridine rings is 1. The molecule has 0 saturated carbocycles. The van der Waals surface area contributed by atoms with Crippen molar-refractivity contribution in [3.05, 3.63) is 59.9 Å². The van der Waals surface area contributed by atoms with Crippen molar-refractivity contribution in [1.82, 2.24) is 24.1 Å². The zero-order chi connectivity index (χ0) is 26.9. The van der Waals surface area contributed by atoms with Crippen molar-refractivity contribution in [3.8, 4) is 0 Å². The Hall–Kier alpha value is -3.44. The molecule has 11 heteroatoms. The van der Waals surface area contributed by atoms with E-state index in [1.807, 2.05) is 23.2 Å². The quantitative estimate of drug-likeness (QED) is 0.516. The molecule has 0 bridgehead atoms. The van der Waals surface area contributed by atoms with Gasteiger partial charge in [-0.1, -0.05) is 6.92 Å². The highest BCUT2D eigenvalue weighted by molar-refractivity contribution is 7.89. The van der Waals surface area contributed by atoms with E-state index in [9.17, 15) is 18.0 Å². The molecule has 0 spiro atoms. The number of benzene rings is 1. The number of likely N-dealkylation sites (tertiary alicyclic amines) is 1. The smallest absolute Gasteiger partial charge is 0.318 e. The number of anilines is 1. The Balaban J connectivity index is 1.26. The van der Waals surface area contributed by atoms with Crippen LogP contribution < -0.4 is 10.6 Å². The maximum Gasteiger partial charge on any atom is 0.318 e. The van der Waals surface area contributed by atoms with Crippen molar-refractivity contribution in [1.29, 1.82) is 0 Å². The Bertz CT molecular complexity index is 1420. The SMILES string of the molecule is CNC(=O)Nc1ccc(S(=O)(=O)N2CCC(c3ccn4ncc(C(=O)N5CCC(C)CC5)c4c3)CC2)cc1. The van der Waals surface area contributed by atoms with Gasteiger partial charge in [0.15, 0.2) is 0 Å². The number of nitrogens with one attached hydrogen (secondary N) is 2. The molecule has 0 aliphatic carbocycles. The van der Waals surface area contributed by atoms with Gasteiger partial charge in [0.25, 0.3) is 5.91 Å². The fourth-order valence-electron chi connectivity index (χ4n) is 5.28. The lowest BCUT2D eigenvalue weighted by Gasteiger charge is -2.31. The average molecular weight is 539 g/mol. The molecule has 202 valence electrons. The van der Waals surface area contributed by atoms with Crippen molar-refractivity contribution in [3.63, 3.8) is 0 Å². The maximum atomic E-state index is 13.2. The predicted octanol–water partition coefficient (Wildman–Crippen LogP) is 3.53. The summed E-state index contributed by atoms with van der Waals surface area (Å²) < 4.78 is 29.7. The lowest BCUT2D eigenvalue weighted by Crippen LogP contribution is -2.38. The molecule has 10 nitrogen and oxygen atoms in total. The van der Waals surface area contributed by atoms with E-state index in [-0.39, 0.29) is 22.8 Å². The molecule has 3 amide bonds. The number of rotatable bonds is 5. The van der Waals surface area contributed by atoms with Crippen LogP contribution in [0.15, 0.2) is 53.7 Å². The van der Waals surface area contributed by atoms with E-state index in [2.05, 4.69) is 22.7 Å². The lowest BCUT2D eigenvalue weighted by atomic mass is 9.90. The molecule has 0 unspecified atom stereocenters. The minimum atomic E-state index is -3.64. The van der Waals surface area contributed by atoms with Crippen LogP contribution in [-0.2, 0) is 10.0 Å². The molecule has 3 aromatic rings. The van der Waals surface area contributed by atoms with Gasteiger partial charge >= 0.3 is 6.03 Å². The summed E-state index contributed by atoms with van der Waals surface area (Å²) in [4.78, 5) is 26.8. The molecule has 5 rings (SSSR count). The largest absolute Gasteiger partial charge is 0.341 e. The van der Waals surface area contributed by atoms with E-state index in [0.29, 0.717) is 43.1 Å². The van der Waals surface area contributed by atoms with E-state index in [4.69, 9.17) is 0 Å². The zero-order valence-corrected chi connectivity index (χ0v) is 22.6. The first kappa shape index (κ1) is 26.2. The predicted molar refractivity (Wildman–Crippen MR) is 145 cm³/mol. The van der Waals surface area contributed by atoms with E-state index >= 15 is 0 Å². The van der Waals surface area contributed by atoms with Crippen LogP contribution in [0.25, 0.3) is 5.52 Å². The van der Waals surface area contributed by atoms with Gasteiger partial charge in [0.05, 0.1) is 22.2 Å². The van der Waals surface area contributed by atoms with Gasteiger partial charge in [0, 0.05) is 45.1 Å². The highest BCUT2D eigenvalue weighted by atomic mass is 32.2. The zero-order valence-electron chi connectivity index (χ0n) is 21.8. The number of piperidine rings is 2. The molecule has 2 aliphatic heterocycles. The molecule has 2 fully saturated rings. The number of carbonyl (C=O) groups excluding carboxylic acids is 2. The lowest BCUT2D eigenvalue weighted by molar-refractivity contribution is 0.0699. The molecule has 2 aliphatic rings. The van der Waals surface area contributed by atoms with Crippen LogP contribution >= 0.6 is 0 Å². The Labute approximate surface area is 223 Å². The molecule has 2 N–H and O–H groups in total. The van der Waals surface area contributed by atoms with Gasteiger partial charge in [-0.05, 0) is 79.5 Å². The van der Waals surface area contributed by atoms with Crippen molar-refractivity contribution in [2.75, 3.05) is 38.5 Å². The number of aromatic nitrogens is 2. The molecule has 2 saturated heterocycles. The summed E-state index contributed by atoms with van der Waals surface area (Å²) in [6.07, 6.45) is 6.96. The third kappa shape index (κ3) is 5.25. The second kappa shape index (κ2) is 10.7. The topological polar surface area (TPSA) is 116 Å². The van der Waals surface area contributed by atoms with Gasteiger partial charge in [-0.25, -0.2) is 17.7 Å². The summed E-state index contributed by atoms with van der Waals surface area (Å²) in [7, 11) is -2.12. The van der Waals surface area contributed by atoms with E-state index in [1.54, 1.807) is 22.8 Å². The Morgan fingerprint density at radius 3 is 2.32 bits per heavy atom. The maximum absolute atomic E-state index is 13.2. The van der Waals surface area contributed by atoms with Crippen LogP contribution in [0.2, 0.25) is 0 Å². The van der Waals surface area contributed by atoms with Crippen LogP contribution in [0.1, 0.15) is 54.4 Å². The van der Waals surface area contributed by atoms with Gasteiger partial charge < -0.3 is 15.5 Å². The Kier molecular flexibility index (Phi) is 7.40. The standard InChI is InChI=1S/C27H34N6O4S/c1-19-7-12-31(13-8-19)26(34)24-18-29-33-16-11-21(17-25(24)33)20-9-14-32(15-10-20)38(36,37)23-5-3-22(4-6-23)30-27(35)28-2/h3-6,11,16-20H,7-10,12-15H2,1-2H3,(H2,28,30,35). The number of hydrogen-bond acceptors (Lipinski definition) is 5. The van der Waals surface area contributed by atoms with Gasteiger partial charge in [0.2, 0.25) is 10.0 Å². The Morgan fingerprint density at radius 2 is 1.66 bits per heavy atom. The first-order valence-electron chi connectivity index (χ1n) is 13.1. The van der Waals surface area contributed by atoms with Crippen LogP contribution in [0, 0.1) is 5.92 Å². The summed E-state index contributed by atoms with van der Waals surface area (Å²) in [6.45, 7) is 4.60. The molecule has 0 atom stereocenters. The summed E-state index contributed by atoms with van der Waals surface area (Å²) >= 11 is 0. The van der Waals surface area contributed by atoms with Crippen molar-refractivity contribution >= 4 is 33.2 Å². The van der Waals surface area contributed by atoms with E-state index < -0.39 is 10.0 Å². The number of amides is 3. The first-order valence-corrected chi connectivity index (χ1v) is 14.6. The molecule has 2 aromatic heterocycles. The van der Waals surface area contributed by atoms with Crippen molar-refractivity contribution < 1.29 is 18.0 Å². The minimum Gasteiger partial charge on any atom is -0.341 e. The number of fused-ring (bicyclic) bond motifs is 1. The average Bonchev–Trinajstić information content (AvgIpc) is 3.37. The number of nitrogens with zero attached hydrogens (tertiary/aromatic N) is 4. The molecule has 0 radical (unpaired) electrons. The number of sulfonamides is 1. The highest BCUT2D eigenvalue weighted by Crippen LogP contribution is 2.32. The third-order valence-corrected chi connectivity index (χ3v) is 9.66. The second-order valence-corrected chi connectivity index (χ2v) is 12.2. The molecule has 1 aromatic carbocycles. The van der Waals surface area contributed by atoms with Crippen LogP contribution in [0.4, 0.5) is 10.5 Å². The highest BCUT2D eigenvalue weighted by Gasteiger charge is 2.31. The van der Waals surface area contributed by atoms with E-state index in [1.165, 1.54) is 23.5 Å². The summed E-state index contributed by atoms with van der Waals surface area (Å²) in [5.74, 6) is 0.871. The van der Waals surface area contributed by atoms with Crippen LogP contribution in [-0.4, -0.2) is 72.4 Å². The van der Waals surface area contributed by atoms with E-state index in [0.717, 1.165) is 37.0 Å². The molecule has 4 heterocycles. The van der Waals surface area contributed by atoms with Gasteiger partial charge in [0.1, 0.15) is 0 Å². The minimum absolute atomic E-state index is 0.0292. The van der Waals surface area contributed by atoms with Crippen LogP contribution in [0.5, 0.6) is 0 Å². The monoisotopic (exact) mass is 538 g/mol. The number of urea groups is 1. The third-order valence-electron chi connectivity index (χ3n) is 7.75. The molecular weight excluding hydrogens is 504 g/mol. The summed E-state index contributed by atoms with van der Waals surface area (Å²) in [5, 5.41) is 9.48. The first-order chi connectivity index (χ1) is 18.3. The van der Waals surface area contributed by atoms with Gasteiger partial charge in [-0.2, -0.15) is 9.40 Å². The normalized spacial score (nSPS) is 18.0. The Morgan fingerprint density at radius 1 is 0.974 bits per heavy atom.